The molecule has 0 radical (unpaired) electrons. The molecule has 0 bridgehead atoms. The molecule has 3 nitrogen and oxygen atoms in total. The van der Waals surface area contributed by atoms with E-state index in [4.69, 9.17) is 11.6 Å². The van der Waals surface area contributed by atoms with Gasteiger partial charge in [0.1, 0.15) is 5.82 Å². The van der Waals surface area contributed by atoms with E-state index in [2.05, 4.69) is 10.3 Å². The number of anilines is 1. The minimum atomic E-state index is -0.642. The van der Waals surface area contributed by atoms with Crippen LogP contribution >= 0.6 is 11.6 Å². The Kier molecular flexibility index (Phi) is 3.58. The van der Waals surface area contributed by atoms with Crippen LogP contribution in [0.25, 0.3) is 0 Å². The van der Waals surface area contributed by atoms with E-state index in [1.54, 1.807) is 19.1 Å². The fourth-order valence-corrected chi connectivity index (χ4v) is 1.73. The molecule has 0 unspecified atom stereocenters. The number of carbonyl (C=O) groups is 1. The Morgan fingerprint density at radius 2 is 1.94 bits per heavy atom. The Balaban J connectivity index is 2.33. The predicted molar refractivity (Wildman–Crippen MR) is 68.3 cm³/mol. The maximum Gasteiger partial charge on any atom is 0.260 e. The van der Waals surface area contributed by atoms with Gasteiger partial charge in [0.2, 0.25) is 0 Å². The Bertz CT molecular complexity index is 587. The van der Waals surface area contributed by atoms with Gasteiger partial charge in [0.15, 0.2) is 0 Å². The molecule has 0 atom stereocenters. The molecule has 0 saturated heterocycles. The molecule has 0 aliphatic rings. The summed E-state index contributed by atoms with van der Waals surface area (Å²) in [7, 11) is 0. The third-order valence-corrected chi connectivity index (χ3v) is 2.94. The van der Waals surface area contributed by atoms with Crippen LogP contribution in [0.2, 0.25) is 5.02 Å². The number of rotatable bonds is 2. The average Bonchev–Trinajstić information content (AvgIpc) is 2.36. The van der Waals surface area contributed by atoms with E-state index in [0.29, 0.717) is 11.3 Å². The molecule has 1 N–H and O–H groups in total. The monoisotopic (exact) mass is 264 g/mol. The molecule has 0 aliphatic heterocycles. The summed E-state index contributed by atoms with van der Waals surface area (Å²) < 4.78 is 13.6. The lowest BCUT2D eigenvalue weighted by molar-refractivity contribution is 0.102. The van der Waals surface area contributed by atoms with Crippen molar-refractivity contribution in [3.05, 3.63) is 58.6 Å². The zero-order valence-corrected chi connectivity index (χ0v) is 10.3. The first-order chi connectivity index (χ1) is 8.59. The number of amides is 1. The van der Waals surface area contributed by atoms with Gasteiger partial charge in [0, 0.05) is 18.1 Å². The number of carbonyl (C=O) groups excluding carboxylic acids is 1. The normalized spacial score (nSPS) is 10.2. The van der Waals surface area contributed by atoms with Crippen LogP contribution in [0.4, 0.5) is 10.1 Å². The smallest absolute Gasteiger partial charge is 0.260 e. The Morgan fingerprint density at radius 3 is 2.61 bits per heavy atom. The van der Waals surface area contributed by atoms with Crippen molar-refractivity contribution in [2.45, 2.75) is 6.92 Å². The van der Waals surface area contributed by atoms with Gasteiger partial charge < -0.3 is 5.32 Å². The van der Waals surface area contributed by atoms with Gasteiger partial charge in [-0.1, -0.05) is 17.7 Å². The summed E-state index contributed by atoms with van der Waals surface area (Å²) in [5.74, 6) is -1.22. The van der Waals surface area contributed by atoms with E-state index in [1.807, 2.05) is 0 Å². The van der Waals surface area contributed by atoms with E-state index < -0.39 is 11.7 Å². The van der Waals surface area contributed by atoms with Gasteiger partial charge in [0.05, 0.1) is 10.6 Å². The van der Waals surface area contributed by atoms with Crippen molar-refractivity contribution in [2.24, 2.45) is 0 Å². The van der Waals surface area contributed by atoms with Crippen molar-refractivity contribution in [2.75, 3.05) is 5.32 Å². The lowest BCUT2D eigenvalue weighted by Crippen LogP contribution is -2.15. The summed E-state index contributed by atoms with van der Waals surface area (Å²) in [4.78, 5) is 15.8. The highest BCUT2D eigenvalue weighted by Crippen LogP contribution is 2.24. The van der Waals surface area contributed by atoms with Crippen molar-refractivity contribution in [3.8, 4) is 0 Å². The fourth-order valence-electron chi connectivity index (χ4n) is 1.49. The van der Waals surface area contributed by atoms with Crippen LogP contribution in [-0.4, -0.2) is 10.9 Å². The molecule has 0 aliphatic carbocycles. The molecule has 1 aromatic heterocycles. The number of aromatic nitrogens is 1. The van der Waals surface area contributed by atoms with Gasteiger partial charge in [-0.05, 0) is 30.7 Å². The quantitative estimate of drug-likeness (QED) is 0.903. The van der Waals surface area contributed by atoms with Crippen LogP contribution in [-0.2, 0) is 0 Å². The number of pyridine rings is 1. The molecule has 0 fully saturated rings. The first-order valence-electron chi connectivity index (χ1n) is 5.25. The molecule has 1 heterocycles. The summed E-state index contributed by atoms with van der Waals surface area (Å²) in [6, 6.07) is 5.97. The predicted octanol–water partition coefficient (Wildman–Crippen LogP) is 3.43. The Hall–Kier alpha value is -1.94. The summed E-state index contributed by atoms with van der Waals surface area (Å²) in [6.45, 7) is 1.71. The van der Waals surface area contributed by atoms with Crippen LogP contribution in [0.1, 0.15) is 15.9 Å². The molecule has 0 spiro atoms. The number of benzene rings is 1. The van der Waals surface area contributed by atoms with Crippen LogP contribution in [0.3, 0.4) is 0 Å². The maximum absolute atomic E-state index is 13.6. The van der Waals surface area contributed by atoms with Gasteiger partial charge in [-0.3, -0.25) is 9.78 Å². The number of nitrogens with one attached hydrogen (secondary N) is 1. The number of halogens is 2. The van der Waals surface area contributed by atoms with Crippen LogP contribution < -0.4 is 5.32 Å². The van der Waals surface area contributed by atoms with Gasteiger partial charge in [0.25, 0.3) is 5.91 Å². The number of hydrogen-bond donors (Lipinski definition) is 1. The van der Waals surface area contributed by atoms with E-state index in [0.717, 1.165) is 0 Å². The number of hydrogen-bond acceptors (Lipinski definition) is 2. The average molecular weight is 265 g/mol. The third kappa shape index (κ3) is 2.49. The maximum atomic E-state index is 13.6. The van der Waals surface area contributed by atoms with E-state index in [-0.39, 0.29) is 10.6 Å². The first-order valence-corrected chi connectivity index (χ1v) is 5.63. The summed E-state index contributed by atoms with van der Waals surface area (Å²) >= 11 is 5.95. The largest absolute Gasteiger partial charge is 0.322 e. The van der Waals surface area contributed by atoms with Crippen molar-refractivity contribution >= 4 is 23.2 Å². The molecule has 2 rings (SSSR count). The highest BCUT2D eigenvalue weighted by atomic mass is 35.5. The number of aryl methyl sites for hydroxylation is 1. The summed E-state index contributed by atoms with van der Waals surface area (Å²) in [5.41, 5.74) is 1.04. The fraction of sp³-hybridized carbons (Fsp3) is 0.0769. The second-order valence-corrected chi connectivity index (χ2v) is 4.12. The zero-order chi connectivity index (χ0) is 13.1. The molecule has 1 aromatic carbocycles. The van der Waals surface area contributed by atoms with E-state index >= 15 is 0 Å². The highest BCUT2D eigenvalue weighted by molar-refractivity contribution is 6.35. The minimum Gasteiger partial charge on any atom is -0.322 e. The molecule has 0 saturated carbocycles. The van der Waals surface area contributed by atoms with Crippen molar-refractivity contribution in [1.29, 1.82) is 0 Å². The second kappa shape index (κ2) is 5.14. The summed E-state index contributed by atoms with van der Waals surface area (Å²) in [6.07, 6.45) is 3.06. The lowest BCUT2D eigenvalue weighted by Gasteiger charge is -2.09. The molecule has 18 heavy (non-hydrogen) atoms. The van der Waals surface area contributed by atoms with Gasteiger partial charge in [-0.15, -0.1) is 0 Å². The Labute approximate surface area is 109 Å². The van der Waals surface area contributed by atoms with Crippen LogP contribution in [0.5, 0.6) is 0 Å². The zero-order valence-electron chi connectivity index (χ0n) is 9.58. The third-order valence-electron chi connectivity index (χ3n) is 2.45. The molecule has 5 heteroatoms. The van der Waals surface area contributed by atoms with E-state index in [1.165, 1.54) is 24.5 Å². The van der Waals surface area contributed by atoms with Crippen LogP contribution in [0.15, 0.2) is 36.7 Å². The SMILES string of the molecule is Cc1ccc(F)c(C(=O)Nc2ccncc2)c1Cl. The molecule has 1 amide bonds. The van der Waals surface area contributed by atoms with Crippen molar-refractivity contribution in [1.82, 2.24) is 4.98 Å². The standard InChI is InChI=1S/C13H10ClFN2O/c1-8-2-3-10(15)11(12(8)14)13(18)17-9-4-6-16-7-5-9/h2-7H,1H3,(H,16,17,18). The molecular formula is C13H10ClFN2O. The van der Waals surface area contributed by atoms with Gasteiger partial charge in [-0.25, -0.2) is 4.39 Å². The second-order valence-electron chi connectivity index (χ2n) is 3.74. The van der Waals surface area contributed by atoms with Gasteiger partial charge >= 0.3 is 0 Å². The Morgan fingerprint density at radius 1 is 1.28 bits per heavy atom. The van der Waals surface area contributed by atoms with E-state index in [9.17, 15) is 9.18 Å². The van der Waals surface area contributed by atoms with Gasteiger partial charge in [-0.2, -0.15) is 0 Å². The number of nitrogens with zero attached hydrogens (tertiary/aromatic N) is 1. The topological polar surface area (TPSA) is 42.0 Å². The van der Waals surface area contributed by atoms with Crippen LogP contribution in [0, 0.1) is 12.7 Å². The van der Waals surface area contributed by atoms with Crippen molar-refractivity contribution in [3.63, 3.8) is 0 Å². The minimum absolute atomic E-state index is 0.126. The van der Waals surface area contributed by atoms with Crippen molar-refractivity contribution < 1.29 is 9.18 Å². The molecule has 2 aromatic rings. The molecule has 92 valence electrons. The highest BCUT2D eigenvalue weighted by Gasteiger charge is 2.17. The lowest BCUT2D eigenvalue weighted by atomic mass is 10.1. The molecular weight excluding hydrogens is 255 g/mol. The first kappa shape index (κ1) is 12.5. The summed E-state index contributed by atoms with van der Waals surface area (Å²) in [5, 5.41) is 2.69.